The van der Waals surface area contributed by atoms with Crippen molar-refractivity contribution >= 4 is 79.7 Å². The smallest absolute Gasteiger partial charge is 0.244 e. The Balaban J connectivity index is 1.14. The molecule has 13 rings (SSSR count). The highest BCUT2D eigenvalue weighted by Crippen LogP contribution is 2.54. The number of nitrogens with zero attached hydrogens (tertiary/aromatic N) is 1. The molecule has 10 aromatic rings. The van der Waals surface area contributed by atoms with Gasteiger partial charge in [0, 0.05) is 50.4 Å². The van der Waals surface area contributed by atoms with Crippen LogP contribution >= 0.6 is 0 Å². The molecule has 0 fully saturated rings. The van der Waals surface area contributed by atoms with Crippen molar-refractivity contribution in [1.82, 2.24) is 0 Å². The van der Waals surface area contributed by atoms with E-state index in [1.807, 2.05) is 0 Å². The Kier molecular flexibility index (Phi) is 10.5. The molecular weight excluding hydrogens is 912 g/mol. The molecule has 1 aliphatic heterocycles. The maximum Gasteiger partial charge on any atom is 0.244 e. The van der Waals surface area contributed by atoms with E-state index in [4.69, 9.17) is 8.83 Å². The third kappa shape index (κ3) is 7.70. The van der Waals surface area contributed by atoms with Crippen molar-refractivity contribution in [2.75, 3.05) is 10.2 Å². The lowest BCUT2D eigenvalue weighted by atomic mass is 9.60. The van der Waals surface area contributed by atoms with E-state index in [-0.39, 0.29) is 27.1 Å². The largest absolute Gasteiger partial charge is 0.469 e. The number of hydrogen-bond donors (Lipinski definition) is 1. The van der Waals surface area contributed by atoms with Crippen LogP contribution in [0.2, 0.25) is 0 Å². The van der Waals surface area contributed by atoms with Gasteiger partial charge in [-0.05, 0) is 163 Å². The van der Waals surface area contributed by atoms with Gasteiger partial charge in [0.15, 0.2) is 0 Å². The summed E-state index contributed by atoms with van der Waals surface area (Å²) in [6, 6.07) is 58.9. The van der Waals surface area contributed by atoms with Gasteiger partial charge < -0.3 is 19.1 Å². The molecule has 0 saturated carbocycles. The fraction of sp³-hybridized carbons (Fsp3) is 0.286. The van der Waals surface area contributed by atoms with E-state index in [9.17, 15) is 0 Å². The minimum Gasteiger partial charge on any atom is -0.469 e. The van der Waals surface area contributed by atoms with E-state index in [1.54, 1.807) is 0 Å². The van der Waals surface area contributed by atoms with Gasteiger partial charge in [0.05, 0.1) is 17.0 Å². The van der Waals surface area contributed by atoms with Gasteiger partial charge in [-0.2, -0.15) is 0 Å². The van der Waals surface area contributed by atoms with Crippen molar-refractivity contribution in [2.45, 2.75) is 129 Å². The van der Waals surface area contributed by atoms with Crippen LogP contribution in [0.3, 0.4) is 0 Å². The summed E-state index contributed by atoms with van der Waals surface area (Å²) in [4.78, 5) is 2.56. The predicted molar refractivity (Wildman–Crippen MR) is 320 cm³/mol. The number of nitrogens with one attached hydrogen (secondary N) is 1. The molecule has 75 heavy (non-hydrogen) atoms. The molecule has 2 aliphatic carbocycles. The van der Waals surface area contributed by atoms with E-state index in [2.05, 4.69) is 244 Å². The Morgan fingerprint density at radius 1 is 0.480 bits per heavy atom. The van der Waals surface area contributed by atoms with Crippen molar-refractivity contribution in [2.24, 2.45) is 0 Å². The van der Waals surface area contributed by atoms with Crippen LogP contribution in [0.25, 0.3) is 66.3 Å². The van der Waals surface area contributed by atoms with Gasteiger partial charge in [0.1, 0.15) is 16.7 Å². The van der Waals surface area contributed by atoms with Gasteiger partial charge >= 0.3 is 0 Å². The molecule has 5 heteroatoms. The quantitative estimate of drug-likeness (QED) is 0.169. The van der Waals surface area contributed by atoms with Crippen molar-refractivity contribution in [3.05, 3.63) is 186 Å². The topological polar surface area (TPSA) is 41.6 Å². The molecule has 1 N–H and O–H groups in total. The van der Waals surface area contributed by atoms with Gasteiger partial charge in [-0.15, -0.1) is 0 Å². The third-order valence-corrected chi connectivity index (χ3v) is 18.0. The molecule has 8 aromatic carbocycles. The molecule has 0 spiro atoms. The molecule has 0 atom stereocenters. The molecule has 2 aromatic heterocycles. The molecule has 0 amide bonds. The summed E-state index contributed by atoms with van der Waals surface area (Å²) in [5.41, 5.74) is 24.3. The summed E-state index contributed by atoms with van der Waals surface area (Å²) in [5.74, 6) is 0. The van der Waals surface area contributed by atoms with Crippen LogP contribution in [0.1, 0.15) is 130 Å². The van der Waals surface area contributed by atoms with Crippen LogP contribution in [0.15, 0.2) is 167 Å². The lowest BCUT2D eigenvalue weighted by molar-refractivity contribution is 0.332. The predicted octanol–water partition coefficient (Wildman–Crippen LogP) is 18.2. The molecule has 0 bridgehead atoms. The molecule has 0 saturated heterocycles. The van der Waals surface area contributed by atoms with Crippen molar-refractivity contribution < 1.29 is 8.83 Å². The molecule has 4 nitrogen and oxygen atoms in total. The number of furan rings is 2. The lowest BCUT2D eigenvalue weighted by Crippen LogP contribution is -2.40. The first kappa shape index (κ1) is 47.5. The van der Waals surface area contributed by atoms with E-state index < -0.39 is 0 Å². The summed E-state index contributed by atoms with van der Waals surface area (Å²) in [6.07, 6.45) is 4.59. The Morgan fingerprint density at radius 2 is 1.11 bits per heavy atom. The number of rotatable bonds is 6. The zero-order valence-electron chi connectivity index (χ0n) is 45.8. The Labute approximate surface area is 444 Å². The maximum absolute atomic E-state index is 7.45. The monoisotopic (exact) mass is 981 g/mol. The van der Waals surface area contributed by atoms with Gasteiger partial charge in [-0.25, -0.2) is 0 Å². The summed E-state index contributed by atoms with van der Waals surface area (Å²) in [7, 11) is 0.593. The van der Waals surface area contributed by atoms with E-state index in [0.717, 1.165) is 103 Å². The molecule has 374 valence electrons. The molecule has 3 aliphatic rings. The second-order valence-corrected chi connectivity index (χ2v) is 25.9. The summed E-state index contributed by atoms with van der Waals surface area (Å²) in [5, 5.41) is 7.44. The number of para-hydroxylation sites is 1. The van der Waals surface area contributed by atoms with Gasteiger partial charge in [-0.1, -0.05) is 173 Å². The highest BCUT2D eigenvalue weighted by atomic mass is 16.3. The van der Waals surface area contributed by atoms with E-state index in [0.29, 0.717) is 7.28 Å². The van der Waals surface area contributed by atoms with E-state index >= 15 is 0 Å². The van der Waals surface area contributed by atoms with Gasteiger partial charge in [0.2, 0.25) is 7.28 Å². The number of fused-ring (bicyclic) bond motifs is 9. The normalized spacial score (nSPS) is 17.0. The SMILES string of the molecule is CC(C)(C)c1ccc(N2c3cc4oc5ccccc5c4c(-c4cc(-c5ccccc5)ccc4Nc4ccc5c(c4)C(C)(C)CCC5(C)C)c3Bc3oc4cc5c(cc4c32)C(C)(C)CCC5(C)C)c(-c2ccccc2)c1. The zero-order chi connectivity index (χ0) is 52.0. The first-order valence-corrected chi connectivity index (χ1v) is 27.5. The van der Waals surface area contributed by atoms with Crippen LogP contribution in [0, 0.1) is 0 Å². The van der Waals surface area contributed by atoms with E-state index in [1.165, 1.54) is 56.4 Å². The van der Waals surface area contributed by atoms with Gasteiger partial charge in [-0.3, -0.25) is 0 Å². The number of benzene rings is 8. The fourth-order valence-electron chi connectivity index (χ4n) is 13.2. The first-order chi connectivity index (χ1) is 35.8. The average Bonchev–Trinajstić information content (AvgIpc) is 3.98. The fourth-order valence-corrected chi connectivity index (χ4v) is 13.2. The second-order valence-electron chi connectivity index (χ2n) is 25.9. The van der Waals surface area contributed by atoms with Crippen molar-refractivity contribution in [1.29, 1.82) is 0 Å². The minimum atomic E-state index is -0.0718. The second kappa shape index (κ2) is 16.6. The van der Waals surface area contributed by atoms with Crippen LogP contribution in [0.5, 0.6) is 0 Å². The van der Waals surface area contributed by atoms with Crippen LogP contribution in [-0.2, 0) is 27.1 Å². The summed E-state index contributed by atoms with van der Waals surface area (Å²) < 4.78 is 14.6. The summed E-state index contributed by atoms with van der Waals surface area (Å²) in [6.45, 7) is 26.2. The standard InChI is InChI=1S/C70H69BN2O2/c1-66(2,3)45-27-31-56(48(37-45)43-22-16-13-17-23-43)73-57-41-60-61(47-24-18-19-25-58(47)74-60)62(63(57)71-65-64(73)50-39-53-54(40-59(50)75-65)70(10,11)35-34-69(53,8)9)49-36-44(42-20-14-12-15-21-42)26-30-55(49)72-46-28-29-51-52(38-46)68(6,7)33-32-67(51,4)5/h12-31,36-41,71-72H,32-35H2,1-11H3. The zero-order valence-corrected chi connectivity index (χ0v) is 45.8. The van der Waals surface area contributed by atoms with Crippen molar-refractivity contribution in [3.8, 4) is 33.4 Å². The Hall–Kier alpha value is -7.24. The third-order valence-electron chi connectivity index (χ3n) is 18.0. The average molecular weight is 981 g/mol. The number of hydrogen-bond acceptors (Lipinski definition) is 4. The maximum atomic E-state index is 7.45. The highest BCUT2D eigenvalue weighted by Gasteiger charge is 2.42. The first-order valence-electron chi connectivity index (χ1n) is 27.5. The van der Waals surface area contributed by atoms with Crippen LogP contribution in [0.4, 0.5) is 28.4 Å². The minimum absolute atomic E-state index is 0.00888. The Bertz CT molecular complexity index is 3940. The summed E-state index contributed by atoms with van der Waals surface area (Å²) >= 11 is 0. The molecular formula is C70H69BN2O2. The Morgan fingerprint density at radius 3 is 1.80 bits per heavy atom. The van der Waals surface area contributed by atoms with Crippen LogP contribution < -0.4 is 21.3 Å². The highest BCUT2D eigenvalue weighted by molar-refractivity contribution is 6.73. The molecule has 3 heterocycles. The molecule has 0 radical (unpaired) electrons. The van der Waals surface area contributed by atoms with Crippen LogP contribution in [-0.4, -0.2) is 7.28 Å². The lowest BCUT2D eigenvalue weighted by Gasteiger charge is -2.42. The van der Waals surface area contributed by atoms with Crippen molar-refractivity contribution in [3.63, 3.8) is 0 Å². The molecule has 0 unspecified atom stereocenters. The van der Waals surface area contributed by atoms with Gasteiger partial charge in [0.25, 0.3) is 0 Å². The number of anilines is 5.